The third-order valence-electron chi connectivity index (χ3n) is 3.43. The predicted molar refractivity (Wildman–Crippen MR) is 65.4 cm³/mol. The average molecular weight is 241 g/mol. The van der Waals surface area contributed by atoms with Crippen LogP contribution in [-0.2, 0) is 9.53 Å². The number of hydrogen-bond acceptors (Lipinski definition) is 4. The maximum atomic E-state index is 12.2. The van der Waals surface area contributed by atoms with Crippen LogP contribution in [0, 0.1) is 0 Å². The molecule has 2 saturated heterocycles. The van der Waals surface area contributed by atoms with Crippen molar-refractivity contribution in [2.24, 2.45) is 0 Å². The zero-order valence-corrected chi connectivity index (χ0v) is 10.7. The molecule has 0 spiro atoms. The van der Waals surface area contributed by atoms with Crippen molar-refractivity contribution >= 4 is 5.91 Å². The second-order valence-electron chi connectivity index (χ2n) is 4.84. The van der Waals surface area contributed by atoms with Crippen LogP contribution < -0.4 is 5.43 Å². The number of hydrogen-bond donors (Lipinski definition) is 1. The van der Waals surface area contributed by atoms with Gasteiger partial charge < -0.3 is 9.64 Å². The molecule has 0 aromatic carbocycles. The molecule has 17 heavy (non-hydrogen) atoms. The Morgan fingerprint density at radius 2 is 1.76 bits per heavy atom. The fourth-order valence-corrected chi connectivity index (χ4v) is 2.41. The molecule has 98 valence electrons. The lowest BCUT2D eigenvalue weighted by Crippen LogP contribution is -2.55. The lowest BCUT2D eigenvalue weighted by atomic mass is 10.1. The number of carbonyl (C=O) groups is 1. The van der Waals surface area contributed by atoms with Crippen molar-refractivity contribution in [3.8, 4) is 0 Å². The number of ether oxygens (including phenoxy) is 1. The summed E-state index contributed by atoms with van der Waals surface area (Å²) in [6, 6.07) is -0.119. The van der Waals surface area contributed by atoms with Crippen LogP contribution in [0.4, 0.5) is 0 Å². The Hall–Kier alpha value is -0.650. The Balaban J connectivity index is 1.77. The highest BCUT2D eigenvalue weighted by Crippen LogP contribution is 2.10. The maximum absolute atomic E-state index is 12.2. The van der Waals surface area contributed by atoms with Crippen LogP contribution in [0.3, 0.4) is 0 Å². The third-order valence-corrected chi connectivity index (χ3v) is 3.43. The summed E-state index contributed by atoms with van der Waals surface area (Å²) in [5.41, 5.74) is 3.28. The highest BCUT2D eigenvalue weighted by Gasteiger charge is 2.23. The van der Waals surface area contributed by atoms with E-state index in [9.17, 15) is 4.79 Å². The van der Waals surface area contributed by atoms with E-state index in [4.69, 9.17) is 4.74 Å². The third kappa shape index (κ3) is 3.66. The van der Waals surface area contributed by atoms with E-state index < -0.39 is 0 Å². The number of morpholine rings is 1. The molecule has 0 radical (unpaired) electrons. The normalized spacial score (nSPS) is 24.6. The number of carbonyl (C=O) groups excluding carboxylic acids is 1. The highest BCUT2D eigenvalue weighted by atomic mass is 16.5. The van der Waals surface area contributed by atoms with Gasteiger partial charge >= 0.3 is 0 Å². The van der Waals surface area contributed by atoms with Crippen LogP contribution in [-0.4, -0.2) is 61.3 Å². The summed E-state index contributed by atoms with van der Waals surface area (Å²) in [4.78, 5) is 14.2. The van der Waals surface area contributed by atoms with Crippen molar-refractivity contribution in [3.05, 3.63) is 0 Å². The smallest absolute Gasteiger partial charge is 0.240 e. The van der Waals surface area contributed by atoms with Gasteiger partial charge in [0.1, 0.15) is 0 Å². The number of piperidine rings is 1. The summed E-state index contributed by atoms with van der Waals surface area (Å²) >= 11 is 0. The van der Waals surface area contributed by atoms with Crippen LogP contribution in [0.15, 0.2) is 0 Å². The second-order valence-corrected chi connectivity index (χ2v) is 4.84. The molecule has 1 N–H and O–H groups in total. The number of nitrogens with one attached hydrogen (secondary N) is 1. The van der Waals surface area contributed by atoms with Crippen molar-refractivity contribution in [1.29, 1.82) is 0 Å². The summed E-state index contributed by atoms with van der Waals surface area (Å²) < 4.78 is 5.28. The van der Waals surface area contributed by atoms with E-state index in [2.05, 4.69) is 10.4 Å². The maximum Gasteiger partial charge on any atom is 0.240 e. The predicted octanol–water partition coefficient (Wildman–Crippen LogP) is 0.224. The molecule has 0 saturated carbocycles. The monoisotopic (exact) mass is 241 g/mol. The zero-order valence-electron chi connectivity index (χ0n) is 10.7. The number of amides is 1. The molecular formula is C12H23N3O2. The standard InChI is InChI=1S/C12H23N3O2/c1-11(13-15-7-9-17-10-8-15)12(16)14-5-3-2-4-6-14/h11,13H,2-10H2,1H3. The molecule has 2 rings (SSSR count). The van der Waals surface area contributed by atoms with Gasteiger partial charge in [0.05, 0.1) is 19.3 Å². The quantitative estimate of drug-likeness (QED) is 0.768. The molecule has 2 aliphatic heterocycles. The average Bonchev–Trinajstić information content (AvgIpc) is 2.40. The fourth-order valence-electron chi connectivity index (χ4n) is 2.41. The molecule has 2 fully saturated rings. The van der Waals surface area contributed by atoms with Gasteiger partial charge in [0.2, 0.25) is 5.91 Å². The van der Waals surface area contributed by atoms with E-state index in [1.807, 2.05) is 11.8 Å². The topological polar surface area (TPSA) is 44.8 Å². The minimum atomic E-state index is -0.119. The molecule has 0 aromatic heterocycles. The molecule has 2 aliphatic rings. The van der Waals surface area contributed by atoms with Crippen molar-refractivity contribution in [2.45, 2.75) is 32.2 Å². The van der Waals surface area contributed by atoms with Crippen LogP contribution in [0.25, 0.3) is 0 Å². The van der Waals surface area contributed by atoms with Gasteiger partial charge in [-0.05, 0) is 26.2 Å². The summed E-state index contributed by atoms with van der Waals surface area (Å²) in [5, 5.41) is 2.09. The van der Waals surface area contributed by atoms with Crippen molar-refractivity contribution in [3.63, 3.8) is 0 Å². The second kappa shape index (κ2) is 6.33. The first-order chi connectivity index (χ1) is 8.27. The van der Waals surface area contributed by atoms with Crippen molar-refractivity contribution in [1.82, 2.24) is 15.3 Å². The van der Waals surface area contributed by atoms with Gasteiger partial charge in [-0.25, -0.2) is 10.4 Å². The number of hydrazine groups is 1. The lowest BCUT2D eigenvalue weighted by molar-refractivity contribution is -0.136. The van der Waals surface area contributed by atoms with E-state index in [1.54, 1.807) is 0 Å². The first-order valence-electron chi connectivity index (χ1n) is 6.65. The molecule has 2 heterocycles. The van der Waals surface area contributed by atoms with Crippen LogP contribution >= 0.6 is 0 Å². The minimum Gasteiger partial charge on any atom is -0.379 e. The van der Waals surface area contributed by atoms with E-state index in [0.717, 1.165) is 52.2 Å². The molecule has 1 amide bonds. The van der Waals surface area contributed by atoms with E-state index in [-0.39, 0.29) is 11.9 Å². The van der Waals surface area contributed by atoms with E-state index in [0.29, 0.717) is 0 Å². The van der Waals surface area contributed by atoms with E-state index >= 15 is 0 Å². The van der Waals surface area contributed by atoms with Gasteiger partial charge in [0.25, 0.3) is 0 Å². The SMILES string of the molecule is CC(NN1CCOCC1)C(=O)N1CCCCC1. The molecule has 0 aromatic rings. The molecule has 5 heteroatoms. The number of rotatable bonds is 3. The van der Waals surface area contributed by atoms with Crippen molar-refractivity contribution < 1.29 is 9.53 Å². The first-order valence-corrected chi connectivity index (χ1v) is 6.65. The fraction of sp³-hybridized carbons (Fsp3) is 0.917. The lowest BCUT2D eigenvalue weighted by Gasteiger charge is -2.33. The molecule has 5 nitrogen and oxygen atoms in total. The molecule has 0 bridgehead atoms. The van der Waals surface area contributed by atoms with Crippen LogP contribution in [0.2, 0.25) is 0 Å². The Kier molecular flexibility index (Phi) is 4.76. The van der Waals surface area contributed by atoms with Gasteiger partial charge in [0, 0.05) is 26.2 Å². The minimum absolute atomic E-state index is 0.119. The molecule has 0 aliphatic carbocycles. The van der Waals surface area contributed by atoms with Gasteiger partial charge in [-0.2, -0.15) is 0 Å². The summed E-state index contributed by atoms with van der Waals surface area (Å²) in [5.74, 6) is 0.233. The Morgan fingerprint density at radius 1 is 1.12 bits per heavy atom. The summed E-state index contributed by atoms with van der Waals surface area (Å²) in [7, 11) is 0. The number of likely N-dealkylation sites (tertiary alicyclic amines) is 1. The highest BCUT2D eigenvalue weighted by molar-refractivity contribution is 5.81. The van der Waals surface area contributed by atoms with Crippen LogP contribution in [0.5, 0.6) is 0 Å². The van der Waals surface area contributed by atoms with Gasteiger partial charge in [-0.1, -0.05) is 0 Å². The first kappa shape index (κ1) is 12.8. The largest absolute Gasteiger partial charge is 0.379 e. The van der Waals surface area contributed by atoms with Gasteiger partial charge in [0.15, 0.2) is 0 Å². The van der Waals surface area contributed by atoms with E-state index in [1.165, 1.54) is 6.42 Å². The van der Waals surface area contributed by atoms with Gasteiger partial charge in [-0.15, -0.1) is 0 Å². The Bertz CT molecular complexity index is 248. The molecule has 1 atom stereocenters. The Labute approximate surface area is 103 Å². The zero-order chi connectivity index (χ0) is 12.1. The van der Waals surface area contributed by atoms with Gasteiger partial charge in [-0.3, -0.25) is 4.79 Å². The van der Waals surface area contributed by atoms with Crippen molar-refractivity contribution in [2.75, 3.05) is 39.4 Å². The molecular weight excluding hydrogens is 218 g/mol. The summed E-state index contributed by atoms with van der Waals surface area (Å²) in [6.07, 6.45) is 3.56. The molecule has 1 unspecified atom stereocenters. The van der Waals surface area contributed by atoms with Crippen LogP contribution in [0.1, 0.15) is 26.2 Å². The number of nitrogens with zero attached hydrogens (tertiary/aromatic N) is 2. The Morgan fingerprint density at radius 3 is 2.41 bits per heavy atom. The summed E-state index contributed by atoms with van der Waals surface area (Å²) in [6.45, 7) is 7.01.